The summed E-state index contributed by atoms with van der Waals surface area (Å²) in [6, 6.07) is 14.5. The molecule has 0 unspecified atom stereocenters. The molecule has 6 nitrogen and oxygen atoms in total. The van der Waals surface area contributed by atoms with E-state index in [0.717, 1.165) is 17.2 Å². The summed E-state index contributed by atoms with van der Waals surface area (Å²) in [5, 5.41) is 5.21. The number of para-hydroxylation sites is 2. The Morgan fingerprint density at radius 3 is 2.78 bits per heavy atom. The summed E-state index contributed by atoms with van der Waals surface area (Å²) in [5.41, 5.74) is 1.28. The largest absolute Gasteiger partial charge is 0.494 e. The summed E-state index contributed by atoms with van der Waals surface area (Å²) in [6.45, 7) is 2.89. The first-order valence-corrected chi connectivity index (χ1v) is 9.49. The van der Waals surface area contributed by atoms with Crippen LogP contribution < -0.4 is 19.5 Å². The molecule has 2 heterocycles. The van der Waals surface area contributed by atoms with Gasteiger partial charge in [-0.1, -0.05) is 12.1 Å². The monoisotopic (exact) mass is 382 g/mol. The number of nitrogens with one attached hydrogen (secondary N) is 1. The van der Waals surface area contributed by atoms with E-state index >= 15 is 0 Å². The predicted molar refractivity (Wildman–Crippen MR) is 103 cm³/mol. The molecule has 3 aromatic rings. The second-order valence-corrected chi connectivity index (χ2v) is 6.71. The number of amides is 1. The molecule has 0 saturated carbocycles. The lowest BCUT2D eigenvalue weighted by Crippen LogP contribution is -2.22. The van der Waals surface area contributed by atoms with Crippen LogP contribution in [-0.4, -0.2) is 24.1 Å². The highest BCUT2D eigenvalue weighted by atomic mass is 32.1. The quantitative estimate of drug-likeness (QED) is 0.712. The minimum absolute atomic E-state index is 0.217. The molecule has 1 N–H and O–H groups in total. The van der Waals surface area contributed by atoms with Gasteiger partial charge in [-0.2, -0.15) is 0 Å². The van der Waals surface area contributed by atoms with E-state index in [-0.39, 0.29) is 12.0 Å². The Kier molecular flexibility index (Phi) is 4.93. The van der Waals surface area contributed by atoms with Gasteiger partial charge in [0.2, 0.25) is 0 Å². The Morgan fingerprint density at radius 1 is 1.22 bits per heavy atom. The normalized spacial score (nSPS) is 15.2. The summed E-state index contributed by atoms with van der Waals surface area (Å²) in [4.78, 5) is 16.9. The number of benzene rings is 2. The molecule has 27 heavy (non-hydrogen) atoms. The van der Waals surface area contributed by atoms with E-state index in [1.807, 2.05) is 36.6 Å². The molecule has 1 aliphatic rings. The molecule has 2 aromatic carbocycles. The lowest BCUT2D eigenvalue weighted by Gasteiger charge is -2.25. The van der Waals surface area contributed by atoms with Crippen LogP contribution in [0.2, 0.25) is 0 Å². The van der Waals surface area contributed by atoms with Crippen molar-refractivity contribution in [3.05, 3.63) is 65.2 Å². The lowest BCUT2D eigenvalue weighted by atomic mass is 10.2. The standard InChI is InChI=1S/C20H18N2O4S/c1-2-24-14-9-7-13(8-10-14)19(23)22-20-21-15(12-27-20)18-11-25-16-5-3-4-6-17(16)26-18/h3-10,12,18H,2,11H2,1H3,(H,21,22,23)/t18-/m1/s1. The van der Waals surface area contributed by atoms with Crippen molar-refractivity contribution in [3.8, 4) is 17.2 Å². The zero-order chi connectivity index (χ0) is 18.6. The Hall–Kier alpha value is -3.06. The predicted octanol–water partition coefficient (Wildman–Crippen LogP) is 4.31. The summed E-state index contributed by atoms with van der Waals surface area (Å²) in [6.07, 6.45) is -0.299. The lowest BCUT2D eigenvalue weighted by molar-refractivity contribution is 0.0888. The molecule has 0 radical (unpaired) electrons. The molecule has 0 fully saturated rings. The average molecular weight is 382 g/mol. The third-order valence-electron chi connectivity index (χ3n) is 4.01. The van der Waals surface area contributed by atoms with E-state index in [0.29, 0.717) is 29.7 Å². The molecule has 7 heteroatoms. The number of fused-ring (bicyclic) bond motifs is 1. The van der Waals surface area contributed by atoms with Crippen LogP contribution in [0.3, 0.4) is 0 Å². The third kappa shape index (κ3) is 3.88. The number of carbonyl (C=O) groups is 1. The van der Waals surface area contributed by atoms with Crippen LogP contribution in [0.4, 0.5) is 5.13 Å². The zero-order valence-electron chi connectivity index (χ0n) is 14.7. The van der Waals surface area contributed by atoms with E-state index in [1.165, 1.54) is 11.3 Å². The van der Waals surface area contributed by atoms with Gasteiger partial charge >= 0.3 is 0 Å². The molecule has 1 aliphatic heterocycles. The molecular weight excluding hydrogens is 364 g/mol. The number of carbonyl (C=O) groups excluding carboxylic acids is 1. The first-order chi connectivity index (χ1) is 13.2. The summed E-state index contributed by atoms with van der Waals surface area (Å²) in [5.74, 6) is 1.94. The van der Waals surface area contributed by atoms with E-state index in [9.17, 15) is 4.79 Å². The van der Waals surface area contributed by atoms with Crippen LogP contribution in [0.1, 0.15) is 29.1 Å². The number of hydrogen-bond donors (Lipinski definition) is 1. The second kappa shape index (κ2) is 7.67. The maximum atomic E-state index is 12.4. The van der Waals surface area contributed by atoms with Gasteiger partial charge in [0, 0.05) is 10.9 Å². The van der Waals surface area contributed by atoms with Crippen molar-refractivity contribution < 1.29 is 19.0 Å². The van der Waals surface area contributed by atoms with Gasteiger partial charge in [0.25, 0.3) is 5.91 Å². The van der Waals surface area contributed by atoms with Crippen LogP contribution in [0, 0.1) is 0 Å². The Bertz CT molecular complexity index is 939. The number of hydrogen-bond acceptors (Lipinski definition) is 6. The van der Waals surface area contributed by atoms with Crippen molar-refractivity contribution in [3.63, 3.8) is 0 Å². The van der Waals surface area contributed by atoms with Crippen LogP contribution >= 0.6 is 11.3 Å². The molecule has 0 bridgehead atoms. The van der Waals surface area contributed by atoms with Gasteiger partial charge in [-0.25, -0.2) is 4.98 Å². The van der Waals surface area contributed by atoms with Gasteiger partial charge in [0.1, 0.15) is 12.4 Å². The molecule has 4 rings (SSSR count). The zero-order valence-corrected chi connectivity index (χ0v) is 15.5. The van der Waals surface area contributed by atoms with Gasteiger partial charge in [-0.05, 0) is 43.3 Å². The van der Waals surface area contributed by atoms with Crippen molar-refractivity contribution in [1.82, 2.24) is 4.98 Å². The van der Waals surface area contributed by atoms with E-state index in [1.54, 1.807) is 24.3 Å². The number of rotatable bonds is 5. The Labute approximate surface area is 160 Å². The van der Waals surface area contributed by atoms with Crippen LogP contribution in [0.5, 0.6) is 17.2 Å². The molecule has 1 aromatic heterocycles. The fourth-order valence-electron chi connectivity index (χ4n) is 2.70. The molecular formula is C20H18N2O4S. The molecule has 0 aliphatic carbocycles. The third-order valence-corrected chi connectivity index (χ3v) is 4.78. The fraction of sp³-hybridized carbons (Fsp3) is 0.200. The number of thiazole rings is 1. The number of nitrogens with zero attached hydrogens (tertiary/aromatic N) is 1. The minimum Gasteiger partial charge on any atom is -0.494 e. The Balaban J connectivity index is 1.41. The Morgan fingerprint density at radius 2 is 2.00 bits per heavy atom. The maximum Gasteiger partial charge on any atom is 0.257 e. The highest BCUT2D eigenvalue weighted by molar-refractivity contribution is 7.14. The van der Waals surface area contributed by atoms with Crippen molar-refractivity contribution in [2.24, 2.45) is 0 Å². The van der Waals surface area contributed by atoms with Gasteiger partial charge < -0.3 is 14.2 Å². The van der Waals surface area contributed by atoms with Crippen molar-refractivity contribution >= 4 is 22.4 Å². The second-order valence-electron chi connectivity index (χ2n) is 5.85. The van der Waals surface area contributed by atoms with Gasteiger partial charge in [-0.15, -0.1) is 11.3 Å². The number of ether oxygens (including phenoxy) is 3. The molecule has 1 amide bonds. The van der Waals surface area contributed by atoms with E-state index in [4.69, 9.17) is 14.2 Å². The summed E-state index contributed by atoms with van der Waals surface area (Å²) in [7, 11) is 0. The van der Waals surface area contributed by atoms with Gasteiger partial charge in [0.15, 0.2) is 22.7 Å². The van der Waals surface area contributed by atoms with Gasteiger partial charge in [0.05, 0.1) is 12.3 Å². The average Bonchev–Trinajstić information content (AvgIpc) is 3.17. The van der Waals surface area contributed by atoms with Crippen molar-refractivity contribution in [2.75, 3.05) is 18.5 Å². The highest BCUT2D eigenvalue weighted by Crippen LogP contribution is 2.36. The van der Waals surface area contributed by atoms with Crippen molar-refractivity contribution in [1.29, 1.82) is 0 Å². The van der Waals surface area contributed by atoms with Crippen LogP contribution in [0.15, 0.2) is 53.9 Å². The molecule has 1 atom stereocenters. The maximum absolute atomic E-state index is 12.4. The molecule has 0 saturated heterocycles. The highest BCUT2D eigenvalue weighted by Gasteiger charge is 2.24. The van der Waals surface area contributed by atoms with E-state index < -0.39 is 0 Å². The van der Waals surface area contributed by atoms with Crippen LogP contribution in [0.25, 0.3) is 0 Å². The SMILES string of the molecule is CCOc1ccc(C(=O)Nc2nc([C@H]3COc4ccccc4O3)cs2)cc1. The smallest absolute Gasteiger partial charge is 0.257 e. The molecule has 0 spiro atoms. The summed E-state index contributed by atoms with van der Waals surface area (Å²) < 4.78 is 17.1. The first-order valence-electron chi connectivity index (χ1n) is 8.61. The van der Waals surface area contributed by atoms with E-state index in [2.05, 4.69) is 10.3 Å². The summed E-state index contributed by atoms with van der Waals surface area (Å²) >= 11 is 1.36. The molecule has 138 valence electrons. The van der Waals surface area contributed by atoms with Crippen LogP contribution in [-0.2, 0) is 0 Å². The minimum atomic E-state index is -0.299. The van der Waals surface area contributed by atoms with Gasteiger partial charge in [-0.3, -0.25) is 10.1 Å². The number of anilines is 1. The topological polar surface area (TPSA) is 69.7 Å². The fourth-order valence-corrected chi connectivity index (χ4v) is 3.44. The van der Waals surface area contributed by atoms with Crippen molar-refractivity contribution in [2.45, 2.75) is 13.0 Å². The number of aromatic nitrogens is 1. The first kappa shape index (κ1) is 17.4.